The average molecular weight is 456 g/mol. The Morgan fingerprint density at radius 2 is 1.93 bits per heavy atom. The lowest BCUT2D eigenvalue weighted by molar-refractivity contribution is -0.385. The Balaban J connectivity index is 1.76. The topological polar surface area (TPSA) is 103 Å². The van der Waals surface area contributed by atoms with Crippen LogP contribution < -0.4 is 10.1 Å². The van der Waals surface area contributed by atoms with Crippen molar-refractivity contribution in [1.82, 2.24) is 15.0 Å². The van der Waals surface area contributed by atoms with Crippen molar-refractivity contribution in [2.75, 3.05) is 5.32 Å². The van der Waals surface area contributed by atoms with E-state index in [0.717, 1.165) is 11.7 Å². The Labute approximate surface area is 171 Å². The van der Waals surface area contributed by atoms with Crippen LogP contribution in [-0.2, 0) is 0 Å². The van der Waals surface area contributed by atoms with Crippen LogP contribution in [-0.4, -0.2) is 19.9 Å². The molecule has 0 unspecified atom stereocenters. The van der Waals surface area contributed by atoms with Gasteiger partial charge in [0.15, 0.2) is 5.75 Å². The van der Waals surface area contributed by atoms with Gasteiger partial charge >= 0.3 is 11.6 Å². The van der Waals surface area contributed by atoms with E-state index in [-0.39, 0.29) is 17.4 Å². The standard InChI is InChI=1S/C19H11BrFN5O3/c20-12-6-7-14(13(21)9-12)25-18-17(26(27)28)19(24-10-23-18)29-15-5-1-3-11-4-2-8-22-16(11)15/h1-10H,(H,23,24,25). The second-order valence-electron chi connectivity index (χ2n) is 5.82. The molecule has 0 fully saturated rings. The highest BCUT2D eigenvalue weighted by Crippen LogP contribution is 2.37. The van der Waals surface area contributed by atoms with Gasteiger partial charge in [-0.3, -0.25) is 15.1 Å². The second-order valence-corrected chi connectivity index (χ2v) is 6.73. The minimum Gasteiger partial charge on any atom is -0.431 e. The first-order valence-electron chi connectivity index (χ1n) is 8.26. The van der Waals surface area contributed by atoms with Crippen LogP contribution in [0.3, 0.4) is 0 Å². The first kappa shape index (κ1) is 18.7. The zero-order valence-electron chi connectivity index (χ0n) is 14.5. The molecule has 2 heterocycles. The number of halogens is 2. The van der Waals surface area contributed by atoms with Gasteiger partial charge in [-0.1, -0.05) is 34.1 Å². The molecule has 4 rings (SSSR count). The van der Waals surface area contributed by atoms with E-state index >= 15 is 0 Å². The summed E-state index contributed by atoms with van der Waals surface area (Å²) in [6, 6.07) is 13.1. The summed E-state index contributed by atoms with van der Waals surface area (Å²) in [5.41, 5.74) is 0.0203. The minimum atomic E-state index is -0.688. The molecule has 2 aromatic heterocycles. The molecule has 0 aliphatic rings. The average Bonchev–Trinajstić information content (AvgIpc) is 2.70. The summed E-state index contributed by atoms with van der Waals surface area (Å²) < 4.78 is 20.4. The van der Waals surface area contributed by atoms with Crippen molar-refractivity contribution < 1.29 is 14.1 Å². The van der Waals surface area contributed by atoms with Crippen LogP contribution in [0.25, 0.3) is 10.9 Å². The quantitative estimate of drug-likeness (QED) is 0.318. The van der Waals surface area contributed by atoms with Gasteiger partial charge in [0.05, 0.1) is 10.6 Å². The van der Waals surface area contributed by atoms with Crippen LogP contribution in [0.4, 0.5) is 21.6 Å². The zero-order valence-corrected chi connectivity index (χ0v) is 16.1. The van der Waals surface area contributed by atoms with Gasteiger partial charge in [-0.25, -0.2) is 9.37 Å². The number of nitrogens with zero attached hydrogens (tertiary/aromatic N) is 4. The van der Waals surface area contributed by atoms with Gasteiger partial charge in [0, 0.05) is 16.1 Å². The molecular weight excluding hydrogens is 445 g/mol. The summed E-state index contributed by atoms with van der Waals surface area (Å²) in [6.07, 6.45) is 2.69. The Morgan fingerprint density at radius 1 is 1.10 bits per heavy atom. The molecule has 0 radical (unpaired) electrons. The third kappa shape index (κ3) is 3.83. The monoisotopic (exact) mass is 455 g/mol. The Bertz CT molecular complexity index is 1230. The molecule has 29 heavy (non-hydrogen) atoms. The van der Waals surface area contributed by atoms with Gasteiger partial charge in [0.25, 0.3) is 0 Å². The Hall–Kier alpha value is -3.66. The lowest BCUT2D eigenvalue weighted by Crippen LogP contribution is -2.04. The van der Waals surface area contributed by atoms with Crippen molar-refractivity contribution in [3.63, 3.8) is 0 Å². The number of nitro groups is 1. The molecule has 8 nitrogen and oxygen atoms in total. The number of ether oxygens (including phenoxy) is 1. The van der Waals surface area contributed by atoms with Gasteiger partial charge in [-0.15, -0.1) is 0 Å². The number of benzene rings is 2. The number of pyridine rings is 1. The molecule has 0 atom stereocenters. The highest BCUT2D eigenvalue weighted by Gasteiger charge is 2.26. The molecule has 0 aliphatic heterocycles. The smallest absolute Gasteiger partial charge is 0.373 e. The number of fused-ring (bicyclic) bond motifs is 1. The van der Waals surface area contributed by atoms with Crippen molar-refractivity contribution in [3.05, 3.63) is 81.5 Å². The number of para-hydroxylation sites is 1. The molecule has 0 bridgehead atoms. The normalized spacial score (nSPS) is 10.7. The molecule has 2 aromatic carbocycles. The minimum absolute atomic E-state index is 0.0211. The fourth-order valence-electron chi connectivity index (χ4n) is 2.67. The third-order valence-corrected chi connectivity index (χ3v) is 4.45. The van der Waals surface area contributed by atoms with Crippen LogP contribution in [0.2, 0.25) is 0 Å². The van der Waals surface area contributed by atoms with Crippen molar-refractivity contribution in [2.45, 2.75) is 0 Å². The number of hydrogen-bond donors (Lipinski definition) is 1. The molecule has 0 saturated carbocycles. The number of aromatic nitrogens is 3. The van der Waals surface area contributed by atoms with Crippen molar-refractivity contribution in [2.24, 2.45) is 0 Å². The molecule has 0 amide bonds. The molecule has 1 N–H and O–H groups in total. The second kappa shape index (κ2) is 7.76. The highest BCUT2D eigenvalue weighted by atomic mass is 79.9. The lowest BCUT2D eigenvalue weighted by atomic mass is 10.2. The van der Waals surface area contributed by atoms with Crippen LogP contribution in [0.1, 0.15) is 0 Å². The van der Waals surface area contributed by atoms with Crippen molar-refractivity contribution in [1.29, 1.82) is 0 Å². The third-order valence-electron chi connectivity index (χ3n) is 3.96. The van der Waals surface area contributed by atoms with Crippen LogP contribution >= 0.6 is 15.9 Å². The zero-order chi connectivity index (χ0) is 20.4. The molecule has 0 spiro atoms. The van der Waals surface area contributed by atoms with Gasteiger partial charge < -0.3 is 10.1 Å². The van der Waals surface area contributed by atoms with Crippen molar-refractivity contribution >= 4 is 44.0 Å². The van der Waals surface area contributed by atoms with E-state index < -0.39 is 16.4 Å². The fourth-order valence-corrected chi connectivity index (χ4v) is 3.01. The first-order chi connectivity index (χ1) is 14.0. The molecule has 0 aliphatic carbocycles. The SMILES string of the molecule is O=[N+]([O-])c1c(Nc2ccc(Br)cc2F)ncnc1Oc1cccc2cccnc12. The molecule has 10 heteroatoms. The molecule has 144 valence electrons. The maximum Gasteiger partial charge on any atom is 0.373 e. The predicted octanol–water partition coefficient (Wildman–Crippen LogP) is 5.37. The number of nitrogens with one attached hydrogen (secondary N) is 1. The largest absolute Gasteiger partial charge is 0.431 e. The van der Waals surface area contributed by atoms with Crippen molar-refractivity contribution in [3.8, 4) is 11.6 Å². The maximum absolute atomic E-state index is 14.1. The molecule has 4 aromatic rings. The number of anilines is 2. The van der Waals surface area contributed by atoms with E-state index in [0.29, 0.717) is 15.7 Å². The summed E-state index contributed by atoms with van der Waals surface area (Å²) in [6.45, 7) is 0. The van der Waals surface area contributed by atoms with Gasteiger partial charge in [-0.05, 0) is 30.3 Å². The van der Waals surface area contributed by atoms with E-state index in [9.17, 15) is 14.5 Å². The lowest BCUT2D eigenvalue weighted by Gasteiger charge is -2.11. The van der Waals surface area contributed by atoms with Gasteiger partial charge in [-0.2, -0.15) is 4.98 Å². The van der Waals surface area contributed by atoms with E-state index in [1.165, 1.54) is 12.1 Å². The molecule has 0 saturated heterocycles. The van der Waals surface area contributed by atoms with Crippen LogP contribution in [0, 0.1) is 15.9 Å². The van der Waals surface area contributed by atoms with Crippen LogP contribution in [0.5, 0.6) is 11.6 Å². The van der Waals surface area contributed by atoms with E-state index in [1.807, 2.05) is 12.1 Å². The maximum atomic E-state index is 14.1. The Kier molecular flexibility index (Phi) is 5.00. The van der Waals surface area contributed by atoms with E-state index in [1.54, 1.807) is 30.5 Å². The summed E-state index contributed by atoms with van der Waals surface area (Å²) in [7, 11) is 0. The summed E-state index contributed by atoms with van der Waals surface area (Å²) in [5, 5.41) is 15.1. The first-order valence-corrected chi connectivity index (χ1v) is 9.05. The highest BCUT2D eigenvalue weighted by molar-refractivity contribution is 9.10. The summed E-state index contributed by atoms with van der Waals surface area (Å²) in [4.78, 5) is 23.1. The number of rotatable bonds is 5. The number of hydrogen-bond acceptors (Lipinski definition) is 7. The van der Waals surface area contributed by atoms with E-state index in [2.05, 4.69) is 36.2 Å². The van der Waals surface area contributed by atoms with Crippen LogP contribution in [0.15, 0.2) is 65.5 Å². The van der Waals surface area contributed by atoms with Gasteiger partial charge in [0.1, 0.15) is 17.7 Å². The van der Waals surface area contributed by atoms with E-state index in [4.69, 9.17) is 4.74 Å². The van der Waals surface area contributed by atoms with Gasteiger partial charge in [0.2, 0.25) is 5.82 Å². The Morgan fingerprint density at radius 3 is 2.72 bits per heavy atom. The fraction of sp³-hybridized carbons (Fsp3) is 0. The summed E-state index contributed by atoms with van der Waals surface area (Å²) in [5.74, 6) is -0.795. The molecular formula is C19H11BrFN5O3. The summed E-state index contributed by atoms with van der Waals surface area (Å²) >= 11 is 3.16. The predicted molar refractivity (Wildman–Crippen MR) is 108 cm³/mol.